The van der Waals surface area contributed by atoms with Crippen molar-refractivity contribution in [1.82, 2.24) is 30.0 Å². The summed E-state index contributed by atoms with van der Waals surface area (Å²) in [6.45, 7) is 1.82. The number of methoxy groups -OCH3 is 1. The van der Waals surface area contributed by atoms with Crippen molar-refractivity contribution in [1.29, 1.82) is 0 Å². The number of nitrogens with one attached hydrogen (secondary N) is 1. The smallest absolute Gasteiger partial charge is 0.255 e. The highest BCUT2D eigenvalue weighted by molar-refractivity contribution is 5.95. The molecule has 2 aromatic carbocycles. The molecular formula is C28H24N6O2. The van der Waals surface area contributed by atoms with E-state index in [-0.39, 0.29) is 11.9 Å². The molecule has 3 aromatic heterocycles. The molecule has 0 aliphatic rings. The Kier molecular flexibility index (Phi) is 6.48. The van der Waals surface area contributed by atoms with Gasteiger partial charge in [-0.25, -0.2) is 14.6 Å². The molecule has 0 aliphatic carbocycles. The molecule has 8 heteroatoms. The van der Waals surface area contributed by atoms with Crippen LogP contribution in [0.5, 0.6) is 5.75 Å². The Balaban J connectivity index is 1.45. The number of para-hydroxylation sites is 1. The third-order valence-corrected chi connectivity index (χ3v) is 5.92. The molecule has 0 bridgehead atoms. The summed E-state index contributed by atoms with van der Waals surface area (Å²) < 4.78 is 7.04. The number of hydrogen-bond acceptors (Lipinski definition) is 6. The first kappa shape index (κ1) is 22.9. The minimum absolute atomic E-state index is 0.245. The molecular weight excluding hydrogens is 452 g/mol. The van der Waals surface area contributed by atoms with Gasteiger partial charge in [-0.3, -0.25) is 9.78 Å². The second kappa shape index (κ2) is 10.2. The Morgan fingerprint density at radius 3 is 2.42 bits per heavy atom. The van der Waals surface area contributed by atoms with E-state index in [1.54, 1.807) is 36.6 Å². The highest BCUT2D eigenvalue weighted by Crippen LogP contribution is 2.28. The van der Waals surface area contributed by atoms with E-state index in [1.807, 2.05) is 79.7 Å². The first-order valence-corrected chi connectivity index (χ1v) is 11.4. The quantitative estimate of drug-likeness (QED) is 0.370. The SMILES string of the molecule is COc1ccccc1-c1ccnc(-n2ncc(C(=O)N[C@@H](c3ccccc3)c3ccncc3)c2C)n1. The van der Waals surface area contributed by atoms with Gasteiger partial charge in [0, 0.05) is 24.2 Å². The number of nitrogens with zero attached hydrogens (tertiary/aromatic N) is 5. The maximum Gasteiger partial charge on any atom is 0.255 e. The lowest BCUT2D eigenvalue weighted by molar-refractivity contribution is 0.0942. The van der Waals surface area contributed by atoms with Crippen molar-refractivity contribution < 1.29 is 9.53 Å². The van der Waals surface area contributed by atoms with E-state index in [0.717, 1.165) is 16.7 Å². The van der Waals surface area contributed by atoms with Gasteiger partial charge in [0.05, 0.1) is 36.3 Å². The number of ether oxygens (including phenoxy) is 1. The molecule has 0 unspecified atom stereocenters. The van der Waals surface area contributed by atoms with E-state index in [0.29, 0.717) is 28.6 Å². The first-order chi connectivity index (χ1) is 17.7. The second-order valence-corrected chi connectivity index (χ2v) is 8.10. The van der Waals surface area contributed by atoms with E-state index >= 15 is 0 Å². The average molecular weight is 477 g/mol. The van der Waals surface area contributed by atoms with Crippen LogP contribution in [0.2, 0.25) is 0 Å². The molecule has 3 heterocycles. The zero-order valence-electron chi connectivity index (χ0n) is 19.9. The Hall–Kier alpha value is -4.85. The van der Waals surface area contributed by atoms with Crippen LogP contribution in [0.1, 0.15) is 33.2 Å². The summed E-state index contributed by atoms with van der Waals surface area (Å²) in [5.41, 5.74) is 4.51. The van der Waals surface area contributed by atoms with Crippen LogP contribution in [0.25, 0.3) is 17.2 Å². The molecule has 36 heavy (non-hydrogen) atoms. The van der Waals surface area contributed by atoms with Crippen molar-refractivity contribution in [2.75, 3.05) is 7.11 Å². The third kappa shape index (κ3) is 4.56. The highest BCUT2D eigenvalue weighted by Gasteiger charge is 2.22. The Bertz CT molecular complexity index is 1450. The van der Waals surface area contributed by atoms with Gasteiger partial charge in [-0.1, -0.05) is 42.5 Å². The molecule has 5 aromatic rings. The monoisotopic (exact) mass is 476 g/mol. The van der Waals surface area contributed by atoms with Crippen molar-refractivity contribution in [3.05, 3.63) is 120 Å². The number of hydrogen-bond donors (Lipinski definition) is 1. The van der Waals surface area contributed by atoms with Crippen LogP contribution in [0.3, 0.4) is 0 Å². The molecule has 178 valence electrons. The first-order valence-electron chi connectivity index (χ1n) is 11.4. The molecule has 0 aliphatic heterocycles. The van der Waals surface area contributed by atoms with E-state index in [2.05, 4.69) is 25.4 Å². The predicted octanol–water partition coefficient (Wildman–Crippen LogP) is 4.56. The van der Waals surface area contributed by atoms with Crippen molar-refractivity contribution in [2.24, 2.45) is 0 Å². The lowest BCUT2D eigenvalue weighted by Gasteiger charge is -2.19. The molecule has 0 spiro atoms. The topological polar surface area (TPSA) is 94.8 Å². The largest absolute Gasteiger partial charge is 0.496 e. The zero-order valence-corrected chi connectivity index (χ0v) is 19.9. The van der Waals surface area contributed by atoms with Crippen molar-refractivity contribution in [2.45, 2.75) is 13.0 Å². The van der Waals surface area contributed by atoms with Gasteiger partial charge in [0.2, 0.25) is 0 Å². The standard InChI is InChI=1S/C28H24N6O2/c1-19-23(27(35)33-26(20-8-4-3-5-9-20)21-12-15-29-16-13-21)18-31-34(19)28-30-17-14-24(32-28)22-10-6-7-11-25(22)36-2/h3-18,26H,1-2H3,(H,33,35)/t26-/m0/s1. The summed E-state index contributed by atoms with van der Waals surface area (Å²) >= 11 is 0. The minimum Gasteiger partial charge on any atom is -0.496 e. The van der Waals surface area contributed by atoms with E-state index in [4.69, 9.17) is 4.74 Å². The van der Waals surface area contributed by atoms with Crippen LogP contribution < -0.4 is 10.1 Å². The van der Waals surface area contributed by atoms with Gasteiger partial charge < -0.3 is 10.1 Å². The highest BCUT2D eigenvalue weighted by atomic mass is 16.5. The van der Waals surface area contributed by atoms with Gasteiger partial charge in [0.15, 0.2) is 0 Å². The molecule has 1 amide bonds. The van der Waals surface area contributed by atoms with E-state index < -0.39 is 0 Å². The number of carbonyl (C=O) groups excluding carboxylic acids is 1. The molecule has 0 saturated heterocycles. The van der Waals surface area contributed by atoms with Gasteiger partial charge in [0.1, 0.15) is 5.75 Å². The molecule has 1 atom stereocenters. The van der Waals surface area contributed by atoms with Gasteiger partial charge >= 0.3 is 0 Å². The van der Waals surface area contributed by atoms with E-state index in [1.165, 1.54) is 0 Å². The summed E-state index contributed by atoms with van der Waals surface area (Å²) in [5.74, 6) is 0.830. The Morgan fingerprint density at radius 1 is 0.917 bits per heavy atom. The van der Waals surface area contributed by atoms with Crippen molar-refractivity contribution >= 4 is 5.91 Å². The Labute approximate surface area is 208 Å². The third-order valence-electron chi connectivity index (χ3n) is 5.92. The molecule has 0 saturated carbocycles. The number of carbonyl (C=O) groups is 1. The summed E-state index contributed by atoms with van der Waals surface area (Å²) in [6, 6.07) is 22.7. The predicted molar refractivity (Wildman–Crippen MR) is 136 cm³/mol. The molecule has 0 radical (unpaired) electrons. The maximum absolute atomic E-state index is 13.4. The normalized spacial score (nSPS) is 11.6. The van der Waals surface area contributed by atoms with Crippen LogP contribution in [0.4, 0.5) is 0 Å². The van der Waals surface area contributed by atoms with Crippen LogP contribution in [0, 0.1) is 6.92 Å². The molecule has 0 fully saturated rings. The fraction of sp³-hybridized carbons (Fsp3) is 0.107. The molecule has 5 rings (SSSR count). The van der Waals surface area contributed by atoms with Crippen molar-refractivity contribution in [3.8, 4) is 23.0 Å². The van der Waals surface area contributed by atoms with E-state index in [9.17, 15) is 4.79 Å². The number of amides is 1. The number of rotatable bonds is 7. The fourth-order valence-corrected chi connectivity index (χ4v) is 4.06. The van der Waals surface area contributed by atoms with Gasteiger partial charge in [-0.2, -0.15) is 5.10 Å². The van der Waals surface area contributed by atoms with Gasteiger partial charge in [0.25, 0.3) is 11.9 Å². The number of aromatic nitrogens is 5. The van der Waals surface area contributed by atoms with Crippen LogP contribution in [0.15, 0.2) is 97.6 Å². The van der Waals surface area contributed by atoms with Crippen LogP contribution in [-0.4, -0.2) is 37.7 Å². The Morgan fingerprint density at radius 2 is 1.64 bits per heavy atom. The lowest BCUT2D eigenvalue weighted by Crippen LogP contribution is -2.29. The average Bonchev–Trinajstić information content (AvgIpc) is 3.34. The van der Waals surface area contributed by atoms with Gasteiger partial charge in [-0.15, -0.1) is 0 Å². The lowest BCUT2D eigenvalue weighted by atomic mass is 9.99. The zero-order chi connectivity index (χ0) is 24.9. The summed E-state index contributed by atoms with van der Waals surface area (Å²) in [6.07, 6.45) is 6.64. The minimum atomic E-state index is -0.338. The number of pyridine rings is 1. The summed E-state index contributed by atoms with van der Waals surface area (Å²) in [7, 11) is 1.62. The summed E-state index contributed by atoms with van der Waals surface area (Å²) in [4.78, 5) is 26.6. The molecule has 1 N–H and O–H groups in total. The number of benzene rings is 2. The van der Waals surface area contributed by atoms with Crippen LogP contribution >= 0.6 is 0 Å². The fourth-order valence-electron chi connectivity index (χ4n) is 4.06. The maximum atomic E-state index is 13.4. The summed E-state index contributed by atoms with van der Waals surface area (Å²) in [5, 5.41) is 7.57. The van der Waals surface area contributed by atoms with Gasteiger partial charge in [-0.05, 0) is 48.4 Å². The second-order valence-electron chi connectivity index (χ2n) is 8.10. The molecule has 8 nitrogen and oxygen atoms in total. The van der Waals surface area contributed by atoms with Crippen molar-refractivity contribution in [3.63, 3.8) is 0 Å². The van der Waals surface area contributed by atoms with Crippen LogP contribution in [-0.2, 0) is 0 Å².